The summed E-state index contributed by atoms with van der Waals surface area (Å²) >= 11 is 3.19. The third-order valence-corrected chi connectivity index (χ3v) is 3.70. The lowest BCUT2D eigenvalue weighted by molar-refractivity contribution is 0.593. The standard InChI is InChI=1S/C15H15BrFN/c1-9-6-7-10(2)12(8-9)15(18)11-4-3-5-13(16)14(11)17/h3-8,15H,18H2,1-2H3. The molecule has 1 atom stereocenters. The third kappa shape index (κ3) is 2.47. The zero-order valence-electron chi connectivity index (χ0n) is 10.4. The van der Waals surface area contributed by atoms with Gasteiger partial charge in [0.25, 0.3) is 0 Å². The molecule has 2 aromatic carbocycles. The molecule has 0 bridgehead atoms. The zero-order valence-corrected chi connectivity index (χ0v) is 12.0. The second-order valence-corrected chi connectivity index (χ2v) is 5.34. The highest BCUT2D eigenvalue weighted by Gasteiger charge is 2.17. The van der Waals surface area contributed by atoms with Crippen LogP contribution in [-0.4, -0.2) is 0 Å². The highest BCUT2D eigenvalue weighted by atomic mass is 79.9. The van der Waals surface area contributed by atoms with Gasteiger partial charge in [-0.2, -0.15) is 0 Å². The van der Waals surface area contributed by atoms with Gasteiger partial charge in [0.15, 0.2) is 0 Å². The molecule has 18 heavy (non-hydrogen) atoms. The van der Waals surface area contributed by atoms with Crippen molar-refractivity contribution in [2.24, 2.45) is 5.73 Å². The van der Waals surface area contributed by atoms with Crippen LogP contribution in [0.1, 0.15) is 28.3 Å². The number of aryl methyl sites for hydroxylation is 2. The van der Waals surface area contributed by atoms with Gasteiger partial charge in [0.2, 0.25) is 0 Å². The number of hydrogen-bond acceptors (Lipinski definition) is 1. The van der Waals surface area contributed by atoms with Gasteiger partial charge in [0.05, 0.1) is 10.5 Å². The average Bonchev–Trinajstić information content (AvgIpc) is 2.35. The SMILES string of the molecule is Cc1ccc(C)c(C(N)c2cccc(Br)c2F)c1. The van der Waals surface area contributed by atoms with Crippen LogP contribution in [-0.2, 0) is 0 Å². The number of hydrogen-bond donors (Lipinski definition) is 1. The van der Waals surface area contributed by atoms with E-state index in [-0.39, 0.29) is 5.82 Å². The Bertz CT molecular complexity index is 579. The van der Waals surface area contributed by atoms with Crippen molar-refractivity contribution in [2.45, 2.75) is 19.9 Å². The minimum Gasteiger partial charge on any atom is -0.320 e. The van der Waals surface area contributed by atoms with Crippen LogP contribution in [0.15, 0.2) is 40.9 Å². The van der Waals surface area contributed by atoms with E-state index >= 15 is 0 Å². The lowest BCUT2D eigenvalue weighted by atomic mass is 9.94. The van der Waals surface area contributed by atoms with Crippen molar-refractivity contribution in [1.82, 2.24) is 0 Å². The number of rotatable bonds is 2. The van der Waals surface area contributed by atoms with E-state index < -0.39 is 6.04 Å². The molecule has 0 saturated carbocycles. The fourth-order valence-corrected chi connectivity index (χ4v) is 2.40. The predicted octanol–water partition coefficient (Wildman–Crippen LogP) is 4.25. The molecule has 0 heterocycles. The third-order valence-electron chi connectivity index (χ3n) is 3.09. The van der Waals surface area contributed by atoms with Gasteiger partial charge in [0.1, 0.15) is 5.82 Å². The molecule has 2 aromatic rings. The van der Waals surface area contributed by atoms with Crippen molar-refractivity contribution in [2.75, 3.05) is 0 Å². The van der Waals surface area contributed by atoms with Crippen LogP contribution in [0.3, 0.4) is 0 Å². The summed E-state index contributed by atoms with van der Waals surface area (Å²) in [6, 6.07) is 10.8. The Morgan fingerprint density at radius 3 is 2.56 bits per heavy atom. The maximum absolute atomic E-state index is 14.0. The second-order valence-electron chi connectivity index (χ2n) is 4.48. The maximum Gasteiger partial charge on any atom is 0.142 e. The van der Waals surface area contributed by atoms with E-state index in [1.807, 2.05) is 32.0 Å². The molecule has 3 heteroatoms. The number of nitrogens with two attached hydrogens (primary N) is 1. The highest BCUT2D eigenvalue weighted by molar-refractivity contribution is 9.10. The van der Waals surface area contributed by atoms with Crippen molar-refractivity contribution < 1.29 is 4.39 Å². The minimum atomic E-state index is -0.442. The Morgan fingerprint density at radius 2 is 1.83 bits per heavy atom. The molecular weight excluding hydrogens is 293 g/mol. The van der Waals surface area contributed by atoms with Gasteiger partial charge in [-0.3, -0.25) is 0 Å². The molecule has 0 aliphatic rings. The zero-order chi connectivity index (χ0) is 13.3. The van der Waals surface area contributed by atoms with Gasteiger partial charge in [0, 0.05) is 5.56 Å². The molecule has 94 valence electrons. The Morgan fingerprint density at radius 1 is 1.11 bits per heavy atom. The van der Waals surface area contributed by atoms with E-state index in [2.05, 4.69) is 15.9 Å². The van der Waals surface area contributed by atoms with Gasteiger partial charge >= 0.3 is 0 Å². The predicted molar refractivity (Wildman–Crippen MR) is 76.0 cm³/mol. The largest absolute Gasteiger partial charge is 0.320 e. The van der Waals surface area contributed by atoms with E-state index in [0.29, 0.717) is 10.0 Å². The number of benzene rings is 2. The van der Waals surface area contributed by atoms with Gasteiger partial charge < -0.3 is 5.73 Å². The molecule has 2 N–H and O–H groups in total. The first-order valence-corrected chi connectivity index (χ1v) is 6.56. The fraction of sp³-hybridized carbons (Fsp3) is 0.200. The summed E-state index contributed by atoms with van der Waals surface area (Å²) in [5, 5.41) is 0. The molecule has 0 fully saturated rings. The molecule has 2 rings (SSSR count). The Kier molecular flexibility index (Phi) is 3.83. The monoisotopic (exact) mass is 307 g/mol. The normalized spacial score (nSPS) is 12.5. The summed E-state index contributed by atoms with van der Waals surface area (Å²) in [4.78, 5) is 0. The summed E-state index contributed by atoms with van der Waals surface area (Å²) in [6.07, 6.45) is 0. The van der Waals surface area contributed by atoms with Crippen molar-refractivity contribution in [3.8, 4) is 0 Å². The van der Waals surface area contributed by atoms with Crippen molar-refractivity contribution in [3.63, 3.8) is 0 Å². The van der Waals surface area contributed by atoms with Crippen LogP contribution in [0, 0.1) is 19.7 Å². The molecule has 0 amide bonds. The van der Waals surface area contributed by atoms with Crippen LogP contribution in [0.25, 0.3) is 0 Å². The Labute approximate surface area is 115 Å². The quantitative estimate of drug-likeness (QED) is 0.881. The summed E-state index contributed by atoms with van der Waals surface area (Å²) in [5.41, 5.74) is 9.87. The first kappa shape index (κ1) is 13.2. The first-order chi connectivity index (χ1) is 8.50. The van der Waals surface area contributed by atoms with Gasteiger partial charge in [-0.15, -0.1) is 0 Å². The minimum absolute atomic E-state index is 0.286. The highest BCUT2D eigenvalue weighted by Crippen LogP contribution is 2.28. The maximum atomic E-state index is 14.0. The van der Waals surface area contributed by atoms with E-state index in [1.165, 1.54) is 0 Å². The Balaban J connectivity index is 2.51. The van der Waals surface area contributed by atoms with Crippen LogP contribution >= 0.6 is 15.9 Å². The second kappa shape index (κ2) is 5.21. The van der Waals surface area contributed by atoms with Crippen molar-refractivity contribution in [1.29, 1.82) is 0 Å². The van der Waals surface area contributed by atoms with E-state index in [0.717, 1.165) is 16.7 Å². The molecule has 0 aliphatic heterocycles. The Hall–Kier alpha value is -1.19. The van der Waals surface area contributed by atoms with Crippen LogP contribution < -0.4 is 5.73 Å². The molecule has 0 spiro atoms. The lowest BCUT2D eigenvalue weighted by Gasteiger charge is -2.17. The summed E-state index contributed by atoms with van der Waals surface area (Å²) in [5.74, 6) is -0.286. The van der Waals surface area contributed by atoms with E-state index in [1.54, 1.807) is 18.2 Å². The summed E-state index contributed by atoms with van der Waals surface area (Å²) in [7, 11) is 0. The van der Waals surface area contributed by atoms with Gasteiger partial charge in [-0.1, -0.05) is 35.9 Å². The average molecular weight is 308 g/mol. The molecule has 1 unspecified atom stereocenters. The van der Waals surface area contributed by atoms with Crippen LogP contribution in [0.5, 0.6) is 0 Å². The molecular formula is C15H15BrFN. The van der Waals surface area contributed by atoms with Crippen LogP contribution in [0.2, 0.25) is 0 Å². The van der Waals surface area contributed by atoms with E-state index in [4.69, 9.17) is 5.73 Å². The van der Waals surface area contributed by atoms with Gasteiger partial charge in [-0.05, 0) is 47.0 Å². The van der Waals surface area contributed by atoms with Crippen LogP contribution in [0.4, 0.5) is 4.39 Å². The molecule has 1 nitrogen and oxygen atoms in total. The van der Waals surface area contributed by atoms with Crippen molar-refractivity contribution in [3.05, 3.63) is 68.9 Å². The van der Waals surface area contributed by atoms with Gasteiger partial charge in [-0.25, -0.2) is 4.39 Å². The fourth-order valence-electron chi connectivity index (χ4n) is 2.02. The first-order valence-electron chi connectivity index (χ1n) is 5.77. The lowest BCUT2D eigenvalue weighted by Crippen LogP contribution is -2.15. The molecule has 0 aliphatic carbocycles. The smallest absolute Gasteiger partial charge is 0.142 e. The van der Waals surface area contributed by atoms with Crippen molar-refractivity contribution >= 4 is 15.9 Å². The van der Waals surface area contributed by atoms with E-state index in [9.17, 15) is 4.39 Å². The molecule has 0 aromatic heterocycles. The summed E-state index contributed by atoms with van der Waals surface area (Å²) < 4.78 is 14.5. The topological polar surface area (TPSA) is 26.0 Å². The molecule has 0 saturated heterocycles. The number of halogens is 2. The summed E-state index contributed by atoms with van der Waals surface area (Å²) in [6.45, 7) is 4.00. The molecule has 0 radical (unpaired) electrons.